The highest BCUT2D eigenvalue weighted by molar-refractivity contribution is 6.00. The molecule has 2 aromatic carbocycles. The number of hydrogen-bond acceptors (Lipinski definition) is 7. The van der Waals surface area contributed by atoms with Crippen molar-refractivity contribution in [2.45, 2.75) is 31.3 Å². The first kappa shape index (κ1) is 22.5. The number of imide groups is 1. The van der Waals surface area contributed by atoms with Gasteiger partial charge in [0.05, 0.1) is 19.9 Å². The van der Waals surface area contributed by atoms with Crippen LogP contribution < -0.4 is 19.7 Å². The molecule has 0 spiro atoms. The lowest BCUT2D eigenvalue weighted by molar-refractivity contribution is -0.138. The molecular formula is C25H31N5O4. The van der Waals surface area contributed by atoms with E-state index in [-0.39, 0.29) is 24.4 Å². The minimum absolute atomic E-state index is 0.137. The molecule has 3 aliphatic rings. The number of carbonyl (C=O) groups excluding carboxylic acids is 2. The molecule has 5 rings (SSSR count). The number of methoxy groups -OCH3 is 2. The summed E-state index contributed by atoms with van der Waals surface area (Å²) in [5.41, 5.74) is 2.03. The van der Waals surface area contributed by atoms with E-state index >= 15 is 0 Å². The monoisotopic (exact) mass is 465 g/mol. The van der Waals surface area contributed by atoms with Crippen molar-refractivity contribution in [3.63, 3.8) is 0 Å². The molecule has 9 heteroatoms. The van der Waals surface area contributed by atoms with E-state index in [9.17, 15) is 9.59 Å². The fourth-order valence-corrected chi connectivity index (χ4v) is 5.28. The molecular weight excluding hydrogens is 434 g/mol. The van der Waals surface area contributed by atoms with Crippen LogP contribution in [0.15, 0.2) is 48.5 Å². The first-order chi connectivity index (χ1) is 16.5. The van der Waals surface area contributed by atoms with Gasteiger partial charge in [0.1, 0.15) is 30.0 Å². The highest BCUT2D eigenvalue weighted by Crippen LogP contribution is 2.38. The number of hydrogen-bond donors (Lipinski definition) is 1. The molecule has 2 aromatic rings. The van der Waals surface area contributed by atoms with Gasteiger partial charge in [0.25, 0.3) is 5.91 Å². The van der Waals surface area contributed by atoms with E-state index in [0.717, 1.165) is 36.5 Å². The van der Waals surface area contributed by atoms with E-state index in [0.29, 0.717) is 18.7 Å². The maximum Gasteiger partial charge on any atom is 0.327 e. The smallest absolute Gasteiger partial charge is 0.327 e. The van der Waals surface area contributed by atoms with Crippen molar-refractivity contribution in [2.24, 2.45) is 0 Å². The zero-order valence-corrected chi connectivity index (χ0v) is 19.8. The molecule has 0 saturated carbocycles. The minimum atomic E-state index is -0.435. The van der Waals surface area contributed by atoms with Crippen molar-refractivity contribution in [3.05, 3.63) is 54.1 Å². The summed E-state index contributed by atoms with van der Waals surface area (Å²) in [4.78, 5) is 34.2. The summed E-state index contributed by atoms with van der Waals surface area (Å²) in [7, 11) is 5.04. The van der Waals surface area contributed by atoms with E-state index in [2.05, 4.69) is 15.1 Å². The second-order valence-corrected chi connectivity index (χ2v) is 8.87. The van der Waals surface area contributed by atoms with Gasteiger partial charge in [0, 0.05) is 32.7 Å². The van der Waals surface area contributed by atoms with Gasteiger partial charge in [0.15, 0.2) is 0 Å². The lowest BCUT2D eigenvalue weighted by atomic mass is 10.1. The maximum absolute atomic E-state index is 13.6. The zero-order chi connectivity index (χ0) is 23.8. The Hall–Kier alpha value is -3.30. The number of urea groups is 1. The molecule has 3 saturated heterocycles. The minimum Gasteiger partial charge on any atom is -0.497 e. The van der Waals surface area contributed by atoms with E-state index in [4.69, 9.17) is 9.47 Å². The zero-order valence-electron chi connectivity index (χ0n) is 19.8. The van der Waals surface area contributed by atoms with Gasteiger partial charge in [-0.25, -0.2) is 4.79 Å². The third kappa shape index (κ3) is 3.74. The Morgan fingerprint density at radius 3 is 2.56 bits per heavy atom. The summed E-state index contributed by atoms with van der Waals surface area (Å²) in [5.74, 6) is 1.29. The summed E-state index contributed by atoms with van der Waals surface area (Å²) >= 11 is 0. The highest BCUT2D eigenvalue weighted by Gasteiger charge is 2.56. The largest absolute Gasteiger partial charge is 0.497 e. The molecule has 0 bridgehead atoms. The molecule has 3 amide bonds. The molecule has 3 unspecified atom stereocenters. The third-order valence-electron chi connectivity index (χ3n) is 7.03. The maximum atomic E-state index is 13.6. The Bertz CT molecular complexity index is 1060. The molecule has 0 radical (unpaired) electrons. The SMILES string of the molecule is COc1ccc(N2CCCN3C4C(=O)N(CCc5ccccc5)C(=O)N(C)C4NC23)c(OC)c1. The summed E-state index contributed by atoms with van der Waals surface area (Å²) < 4.78 is 11.0. The van der Waals surface area contributed by atoms with Gasteiger partial charge < -0.3 is 19.3 Å². The number of anilines is 1. The van der Waals surface area contributed by atoms with Crippen LogP contribution in [0.25, 0.3) is 0 Å². The van der Waals surface area contributed by atoms with Gasteiger partial charge in [-0.1, -0.05) is 30.3 Å². The van der Waals surface area contributed by atoms with Crippen LogP contribution in [0.5, 0.6) is 11.5 Å². The molecule has 34 heavy (non-hydrogen) atoms. The number of likely N-dealkylation sites (N-methyl/N-ethyl adjacent to an activating group) is 1. The molecule has 0 aromatic heterocycles. The van der Waals surface area contributed by atoms with Crippen molar-refractivity contribution in [1.82, 2.24) is 20.0 Å². The molecule has 0 aliphatic carbocycles. The molecule has 1 N–H and O–H groups in total. The third-order valence-corrected chi connectivity index (χ3v) is 7.03. The predicted octanol–water partition coefficient (Wildman–Crippen LogP) is 1.93. The second-order valence-electron chi connectivity index (χ2n) is 8.87. The van der Waals surface area contributed by atoms with E-state index in [1.807, 2.05) is 48.5 Å². The Balaban J connectivity index is 1.40. The number of ether oxygens (including phenoxy) is 2. The summed E-state index contributed by atoms with van der Waals surface area (Å²) in [6.07, 6.45) is 0.920. The quantitative estimate of drug-likeness (QED) is 0.699. The van der Waals surface area contributed by atoms with Crippen molar-refractivity contribution in [1.29, 1.82) is 0 Å². The summed E-state index contributed by atoms with van der Waals surface area (Å²) in [5, 5.41) is 3.55. The van der Waals surface area contributed by atoms with Crippen molar-refractivity contribution >= 4 is 17.6 Å². The summed E-state index contributed by atoms with van der Waals surface area (Å²) in [6, 6.07) is 15.0. The Kier molecular flexibility index (Phi) is 6.05. The fraction of sp³-hybridized carbons (Fsp3) is 0.440. The van der Waals surface area contributed by atoms with E-state index in [1.165, 1.54) is 4.90 Å². The Morgan fingerprint density at radius 2 is 1.82 bits per heavy atom. The van der Waals surface area contributed by atoms with Gasteiger partial charge in [-0.15, -0.1) is 0 Å². The molecule has 3 aliphatic heterocycles. The van der Waals surface area contributed by atoms with Crippen molar-refractivity contribution in [3.8, 4) is 11.5 Å². The number of fused-ring (bicyclic) bond motifs is 3. The van der Waals surface area contributed by atoms with E-state index in [1.54, 1.807) is 26.2 Å². The van der Waals surface area contributed by atoms with Crippen LogP contribution in [-0.4, -0.2) is 86.0 Å². The number of rotatable bonds is 6. The molecule has 180 valence electrons. The average molecular weight is 466 g/mol. The number of nitrogens with zero attached hydrogens (tertiary/aromatic N) is 4. The fourth-order valence-electron chi connectivity index (χ4n) is 5.28. The van der Waals surface area contributed by atoms with Crippen LogP contribution in [0.3, 0.4) is 0 Å². The van der Waals surface area contributed by atoms with Gasteiger partial charge in [0.2, 0.25) is 0 Å². The number of amides is 3. The molecule has 9 nitrogen and oxygen atoms in total. The van der Waals surface area contributed by atoms with Crippen LogP contribution in [0, 0.1) is 0 Å². The normalized spacial score (nSPS) is 24.8. The number of benzene rings is 2. The van der Waals surface area contributed by atoms with Gasteiger partial charge >= 0.3 is 6.03 Å². The number of carbonyl (C=O) groups is 2. The Labute approximate surface area is 199 Å². The summed E-state index contributed by atoms with van der Waals surface area (Å²) in [6.45, 7) is 1.94. The van der Waals surface area contributed by atoms with Crippen LogP contribution in [0.1, 0.15) is 12.0 Å². The average Bonchev–Trinajstić information content (AvgIpc) is 3.28. The Morgan fingerprint density at radius 1 is 1.03 bits per heavy atom. The standard InChI is InChI=1S/C25H31N5O4/c1-27-22-21(23(31)30(25(27)32)15-12-17-8-5-4-6-9-17)29-14-7-13-28(24(29)26-22)19-11-10-18(33-2)16-20(19)34-3/h4-6,8-11,16,21-22,24,26H,7,12-15H2,1-3H3. The van der Waals surface area contributed by atoms with Crippen LogP contribution >= 0.6 is 0 Å². The first-order valence-corrected chi connectivity index (χ1v) is 11.7. The van der Waals surface area contributed by atoms with Gasteiger partial charge in [-0.3, -0.25) is 19.9 Å². The highest BCUT2D eigenvalue weighted by atomic mass is 16.5. The number of nitrogens with one attached hydrogen (secondary N) is 1. The molecule has 3 atom stereocenters. The first-order valence-electron chi connectivity index (χ1n) is 11.7. The lowest BCUT2D eigenvalue weighted by Crippen LogP contribution is -2.66. The predicted molar refractivity (Wildman–Crippen MR) is 128 cm³/mol. The lowest BCUT2D eigenvalue weighted by Gasteiger charge is -2.44. The van der Waals surface area contributed by atoms with E-state index < -0.39 is 6.04 Å². The van der Waals surface area contributed by atoms with Gasteiger partial charge in [-0.2, -0.15) is 0 Å². The topological polar surface area (TPSA) is 77.6 Å². The van der Waals surface area contributed by atoms with Crippen molar-refractivity contribution in [2.75, 3.05) is 45.8 Å². The second kappa shape index (κ2) is 9.15. The van der Waals surface area contributed by atoms with Crippen LogP contribution in [-0.2, 0) is 11.2 Å². The van der Waals surface area contributed by atoms with Crippen molar-refractivity contribution < 1.29 is 19.1 Å². The van der Waals surface area contributed by atoms with Crippen LogP contribution in [0.4, 0.5) is 10.5 Å². The molecule has 3 fully saturated rings. The molecule has 3 heterocycles. The van der Waals surface area contributed by atoms with Gasteiger partial charge in [-0.05, 0) is 30.5 Å². The van der Waals surface area contributed by atoms with Crippen LogP contribution in [0.2, 0.25) is 0 Å².